The van der Waals surface area contributed by atoms with Crippen molar-refractivity contribution in [2.24, 2.45) is 0 Å². The predicted octanol–water partition coefficient (Wildman–Crippen LogP) is 6.59. The van der Waals surface area contributed by atoms with Gasteiger partial charge in [-0.15, -0.1) is 0 Å². The fourth-order valence-corrected chi connectivity index (χ4v) is 5.02. The van der Waals surface area contributed by atoms with Crippen molar-refractivity contribution in [3.05, 3.63) is 107 Å². The summed E-state index contributed by atoms with van der Waals surface area (Å²) in [6.07, 6.45) is 1.80. The minimum Gasteiger partial charge on any atom is -0.459 e. The lowest BCUT2D eigenvalue weighted by molar-refractivity contribution is 0.439. The lowest BCUT2D eigenvalue weighted by Gasteiger charge is -2.26. The smallest absolute Gasteiger partial charge is 0.174 e. The largest absolute Gasteiger partial charge is 0.459 e. The van der Waals surface area contributed by atoms with Gasteiger partial charge in [0.25, 0.3) is 0 Å². The molecule has 31 heavy (non-hydrogen) atoms. The zero-order chi connectivity index (χ0) is 21.4. The standard InChI is InChI=1S/C25H20BrN3OS/c1-16-10-11-18(19(26)15-16)21-12-13-22(30-21)24-23(20-9-5-6-14-27-20)28-25(31)29(24)17-7-3-2-4-8-17/h2-15,23-24H,1H3,(H,28,31)/t23-,24+/m0/s1. The average Bonchev–Trinajstić information content (AvgIpc) is 3.39. The summed E-state index contributed by atoms with van der Waals surface area (Å²) in [5, 5.41) is 4.11. The first kappa shape index (κ1) is 20.0. The molecule has 2 aromatic carbocycles. The van der Waals surface area contributed by atoms with E-state index in [9.17, 15) is 0 Å². The maximum absolute atomic E-state index is 6.43. The van der Waals surface area contributed by atoms with Crippen molar-refractivity contribution < 1.29 is 4.42 Å². The van der Waals surface area contributed by atoms with E-state index in [1.54, 1.807) is 6.20 Å². The molecule has 154 valence electrons. The average molecular weight is 490 g/mol. The number of rotatable bonds is 4. The molecule has 0 spiro atoms. The number of anilines is 1. The number of nitrogens with one attached hydrogen (secondary N) is 1. The second kappa shape index (κ2) is 8.29. The minimum atomic E-state index is -0.164. The van der Waals surface area contributed by atoms with Crippen LogP contribution in [0.4, 0.5) is 5.69 Å². The topological polar surface area (TPSA) is 41.3 Å². The third kappa shape index (κ3) is 3.77. The highest BCUT2D eigenvalue weighted by Crippen LogP contribution is 2.43. The molecule has 6 heteroatoms. The molecule has 0 aliphatic carbocycles. The lowest BCUT2D eigenvalue weighted by atomic mass is 10.0. The maximum atomic E-state index is 6.43. The van der Waals surface area contributed by atoms with Gasteiger partial charge >= 0.3 is 0 Å². The van der Waals surface area contributed by atoms with Crippen molar-refractivity contribution in [2.75, 3.05) is 4.90 Å². The van der Waals surface area contributed by atoms with E-state index in [1.165, 1.54) is 5.56 Å². The van der Waals surface area contributed by atoms with Crippen LogP contribution in [0.25, 0.3) is 11.3 Å². The van der Waals surface area contributed by atoms with Crippen LogP contribution >= 0.6 is 28.1 Å². The number of hydrogen-bond donors (Lipinski definition) is 1. The van der Waals surface area contributed by atoms with Gasteiger partial charge in [0.2, 0.25) is 0 Å². The normalized spacial score (nSPS) is 18.3. The van der Waals surface area contributed by atoms with Gasteiger partial charge in [0.05, 0.1) is 11.7 Å². The molecule has 1 N–H and O–H groups in total. The molecule has 1 fully saturated rings. The van der Waals surface area contributed by atoms with E-state index >= 15 is 0 Å². The fraction of sp³-hybridized carbons (Fsp3) is 0.120. The highest BCUT2D eigenvalue weighted by Gasteiger charge is 2.42. The molecule has 0 radical (unpaired) electrons. The Balaban J connectivity index is 1.60. The molecule has 1 saturated heterocycles. The van der Waals surface area contributed by atoms with Crippen molar-refractivity contribution in [2.45, 2.75) is 19.0 Å². The van der Waals surface area contributed by atoms with Crippen LogP contribution in [0, 0.1) is 6.92 Å². The molecule has 1 aliphatic heterocycles. The molecular formula is C25H20BrN3OS. The van der Waals surface area contributed by atoms with Gasteiger partial charge in [-0.2, -0.15) is 0 Å². The zero-order valence-electron chi connectivity index (χ0n) is 16.8. The number of thiocarbonyl (C=S) groups is 1. The Morgan fingerprint density at radius 2 is 1.81 bits per heavy atom. The van der Waals surface area contributed by atoms with Gasteiger partial charge < -0.3 is 14.6 Å². The van der Waals surface area contributed by atoms with Gasteiger partial charge in [-0.3, -0.25) is 4.98 Å². The number of hydrogen-bond acceptors (Lipinski definition) is 3. The maximum Gasteiger partial charge on any atom is 0.174 e. The number of halogens is 1. The second-order valence-corrected chi connectivity index (χ2v) is 8.76. The van der Waals surface area contributed by atoms with Gasteiger partial charge in [0.1, 0.15) is 17.6 Å². The van der Waals surface area contributed by atoms with E-state index < -0.39 is 0 Å². The summed E-state index contributed by atoms with van der Waals surface area (Å²) in [5.41, 5.74) is 4.14. The van der Waals surface area contributed by atoms with Crippen LogP contribution in [-0.4, -0.2) is 10.1 Å². The van der Waals surface area contributed by atoms with Crippen molar-refractivity contribution in [1.29, 1.82) is 0 Å². The van der Waals surface area contributed by atoms with Crippen LogP contribution in [0.2, 0.25) is 0 Å². The molecule has 1 aliphatic rings. The molecule has 2 atom stereocenters. The van der Waals surface area contributed by atoms with Crippen LogP contribution in [0.15, 0.2) is 93.9 Å². The van der Waals surface area contributed by atoms with E-state index in [2.05, 4.69) is 68.4 Å². The Labute approximate surface area is 195 Å². The van der Waals surface area contributed by atoms with Gasteiger partial charge in [-0.1, -0.05) is 46.3 Å². The Hall–Kier alpha value is -2.96. The zero-order valence-corrected chi connectivity index (χ0v) is 19.2. The van der Waals surface area contributed by atoms with E-state index in [0.29, 0.717) is 5.11 Å². The molecule has 2 aromatic heterocycles. The molecule has 0 saturated carbocycles. The first-order chi connectivity index (χ1) is 15.1. The molecule has 0 bridgehead atoms. The van der Waals surface area contributed by atoms with Gasteiger partial charge in [-0.05, 0) is 73.2 Å². The van der Waals surface area contributed by atoms with Gasteiger partial charge in [0, 0.05) is 21.9 Å². The number of benzene rings is 2. The van der Waals surface area contributed by atoms with Gasteiger partial charge in [0.15, 0.2) is 5.11 Å². The summed E-state index contributed by atoms with van der Waals surface area (Å²) in [4.78, 5) is 6.70. The summed E-state index contributed by atoms with van der Waals surface area (Å²) >= 11 is 9.42. The summed E-state index contributed by atoms with van der Waals surface area (Å²) in [5.74, 6) is 1.64. The van der Waals surface area contributed by atoms with Crippen LogP contribution < -0.4 is 10.2 Å². The number of para-hydroxylation sites is 1. The minimum absolute atomic E-state index is 0.130. The number of nitrogens with zero attached hydrogens (tertiary/aromatic N) is 2. The van der Waals surface area contributed by atoms with Crippen molar-refractivity contribution in [3.63, 3.8) is 0 Å². The first-order valence-corrected chi connectivity index (χ1v) is 11.2. The fourth-order valence-electron chi connectivity index (χ4n) is 3.99. The Bertz CT molecular complexity index is 1230. The predicted molar refractivity (Wildman–Crippen MR) is 131 cm³/mol. The van der Waals surface area contributed by atoms with E-state index in [1.807, 2.05) is 48.5 Å². The Kier molecular flexibility index (Phi) is 5.34. The van der Waals surface area contributed by atoms with E-state index in [0.717, 1.165) is 32.9 Å². The van der Waals surface area contributed by atoms with Crippen LogP contribution in [-0.2, 0) is 0 Å². The molecular weight excluding hydrogens is 470 g/mol. The summed E-state index contributed by atoms with van der Waals surface area (Å²) in [6, 6.07) is 26.1. The number of pyridine rings is 1. The van der Waals surface area contributed by atoms with Crippen LogP contribution in [0.3, 0.4) is 0 Å². The molecule has 0 amide bonds. The Morgan fingerprint density at radius 3 is 2.55 bits per heavy atom. The third-order valence-corrected chi connectivity index (χ3v) is 6.41. The quantitative estimate of drug-likeness (QED) is 0.327. The highest BCUT2D eigenvalue weighted by molar-refractivity contribution is 9.10. The second-order valence-electron chi connectivity index (χ2n) is 7.52. The molecule has 5 rings (SSSR count). The van der Waals surface area contributed by atoms with E-state index in [-0.39, 0.29) is 12.1 Å². The SMILES string of the molecule is Cc1ccc(-c2ccc([C@@H]3[C@H](c4ccccn4)NC(=S)N3c3ccccc3)o2)c(Br)c1. The summed E-state index contributed by atoms with van der Waals surface area (Å²) in [7, 11) is 0. The summed E-state index contributed by atoms with van der Waals surface area (Å²) < 4.78 is 7.44. The monoisotopic (exact) mass is 489 g/mol. The summed E-state index contributed by atoms with van der Waals surface area (Å²) in [6.45, 7) is 2.07. The van der Waals surface area contributed by atoms with Gasteiger partial charge in [-0.25, -0.2) is 0 Å². The van der Waals surface area contributed by atoms with Crippen LogP contribution in [0.5, 0.6) is 0 Å². The van der Waals surface area contributed by atoms with Crippen molar-refractivity contribution in [3.8, 4) is 11.3 Å². The van der Waals surface area contributed by atoms with Crippen molar-refractivity contribution >= 4 is 38.9 Å². The molecule has 0 unspecified atom stereocenters. The number of furan rings is 1. The molecule has 4 nitrogen and oxygen atoms in total. The highest BCUT2D eigenvalue weighted by atomic mass is 79.9. The number of aromatic nitrogens is 1. The number of aryl methyl sites for hydroxylation is 1. The molecule has 3 heterocycles. The van der Waals surface area contributed by atoms with Crippen LogP contribution in [0.1, 0.15) is 29.1 Å². The third-order valence-electron chi connectivity index (χ3n) is 5.44. The molecule has 4 aromatic rings. The van der Waals surface area contributed by atoms with Crippen molar-refractivity contribution in [1.82, 2.24) is 10.3 Å². The first-order valence-electron chi connectivity index (χ1n) is 10.0. The van der Waals surface area contributed by atoms with E-state index in [4.69, 9.17) is 16.6 Å². The Morgan fingerprint density at radius 1 is 1.00 bits per heavy atom. The lowest BCUT2D eigenvalue weighted by Crippen LogP contribution is -2.29.